The van der Waals surface area contributed by atoms with Gasteiger partial charge in [0.05, 0.1) is 11.9 Å². The SMILES string of the molecule is CN1CCN(c2ccc(C(=O)NCCc3ccc(F)cc3)nc2)CC1. The van der Waals surface area contributed by atoms with E-state index < -0.39 is 0 Å². The number of pyridine rings is 1. The number of hydrogen-bond donors (Lipinski definition) is 1. The third kappa shape index (κ3) is 4.76. The quantitative estimate of drug-likeness (QED) is 0.902. The van der Waals surface area contributed by atoms with Crippen molar-refractivity contribution in [1.29, 1.82) is 0 Å². The fourth-order valence-corrected chi connectivity index (χ4v) is 2.83. The van der Waals surface area contributed by atoms with Gasteiger partial charge < -0.3 is 15.1 Å². The van der Waals surface area contributed by atoms with Crippen LogP contribution < -0.4 is 10.2 Å². The summed E-state index contributed by atoms with van der Waals surface area (Å²) in [7, 11) is 2.12. The highest BCUT2D eigenvalue weighted by Crippen LogP contribution is 2.15. The van der Waals surface area contributed by atoms with E-state index >= 15 is 0 Å². The van der Waals surface area contributed by atoms with E-state index in [2.05, 4.69) is 27.1 Å². The Morgan fingerprint density at radius 1 is 1.12 bits per heavy atom. The van der Waals surface area contributed by atoms with Gasteiger partial charge in [-0.2, -0.15) is 0 Å². The Hall–Kier alpha value is -2.47. The molecular formula is C19H23FN4O. The number of rotatable bonds is 5. The molecule has 1 saturated heterocycles. The number of carbonyl (C=O) groups excluding carboxylic acids is 1. The van der Waals surface area contributed by atoms with Crippen molar-refractivity contribution in [2.24, 2.45) is 0 Å². The average molecular weight is 342 g/mol. The summed E-state index contributed by atoms with van der Waals surface area (Å²) in [6.45, 7) is 4.51. The second kappa shape index (κ2) is 8.07. The summed E-state index contributed by atoms with van der Waals surface area (Å²) in [5, 5.41) is 2.85. The number of carbonyl (C=O) groups is 1. The highest BCUT2D eigenvalue weighted by Gasteiger charge is 2.15. The van der Waals surface area contributed by atoms with Crippen LogP contribution in [0.25, 0.3) is 0 Å². The largest absolute Gasteiger partial charge is 0.368 e. The molecule has 1 fully saturated rings. The minimum Gasteiger partial charge on any atom is -0.368 e. The number of halogens is 1. The summed E-state index contributed by atoms with van der Waals surface area (Å²) in [5.41, 5.74) is 2.45. The van der Waals surface area contributed by atoms with Gasteiger partial charge in [0.15, 0.2) is 0 Å². The first-order valence-corrected chi connectivity index (χ1v) is 8.54. The number of anilines is 1. The normalized spacial score (nSPS) is 15.2. The van der Waals surface area contributed by atoms with Crippen LogP contribution in [-0.2, 0) is 6.42 Å². The monoisotopic (exact) mass is 342 g/mol. The molecule has 0 unspecified atom stereocenters. The zero-order valence-electron chi connectivity index (χ0n) is 14.4. The molecule has 5 nitrogen and oxygen atoms in total. The van der Waals surface area contributed by atoms with Crippen molar-refractivity contribution < 1.29 is 9.18 Å². The maximum atomic E-state index is 12.9. The molecule has 2 heterocycles. The van der Waals surface area contributed by atoms with Crippen LogP contribution in [0.4, 0.5) is 10.1 Å². The lowest BCUT2D eigenvalue weighted by molar-refractivity contribution is 0.0949. The van der Waals surface area contributed by atoms with Crippen LogP contribution in [0.1, 0.15) is 16.1 Å². The lowest BCUT2D eigenvalue weighted by Gasteiger charge is -2.33. The molecule has 1 aliphatic rings. The summed E-state index contributed by atoms with van der Waals surface area (Å²) < 4.78 is 12.9. The predicted molar refractivity (Wildman–Crippen MR) is 96.4 cm³/mol. The Morgan fingerprint density at radius 3 is 2.48 bits per heavy atom. The van der Waals surface area contributed by atoms with Crippen molar-refractivity contribution in [2.75, 3.05) is 44.7 Å². The molecule has 2 aromatic rings. The number of aromatic nitrogens is 1. The van der Waals surface area contributed by atoms with E-state index in [9.17, 15) is 9.18 Å². The lowest BCUT2D eigenvalue weighted by atomic mass is 10.1. The topological polar surface area (TPSA) is 48.5 Å². The molecule has 1 aromatic carbocycles. The van der Waals surface area contributed by atoms with Crippen LogP contribution in [0.2, 0.25) is 0 Å². The summed E-state index contributed by atoms with van der Waals surface area (Å²) in [6.07, 6.45) is 2.42. The molecule has 1 N–H and O–H groups in total. The third-order valence-corrected chi connectivity index (χ3v) is 4.46. The van der Waals surface area contributed by atoms with Crippen molar-refractivity contribution in [3.8, 4) is 0 Å². The molecule has 0 saturated carbocycles. The zero-order valence-corrected chi connectivity index (χ0v) is 14.4. The Morgan fingerprint density at radius 2 is 1.84 bits per heavy atom. The van der Waals surface area contributed by atoms with Gasteiger partial charge in [0.1, 0.15) is 11.5 Å². The Bertz CT molecular complexity index is 694. The van der Waals surface area contributed by atoms with Gasteiger partial charge in [-0.15, -0.1) is 0 Å². The first-order valence-electron chi connectivity index (χ1n) is 8.54. The van der Waals surface area contributed by atoms with E-state index in [1.807, 2.05) is 6.07 Å². The van der Waals surface area contributed by atoms with Crippen molar-refractivity contribution in [3.05, 3.63) is 59.7 Å². The van der Waals surface area contributed by atoms with Crippen LogP contribution in [0.3, 0.4) is 0 Å². The molecule has 0 spiro atoms. The van der Waals surface area contributed by atoms with E-state index in [1.165, 1.54) is 12.1 Å². The molecule has 0 bridgehead atoms. The second-order valence-corrected chi connectivity index (χ2v) is 6.32. The van der Waals surface area contributed by atoms with Gasteiger partial charge in [-0.1, -0.05) is 12.1 Å². The van der Waals surface area contributed by atoms with Gasteiger partial charge in [0, 0.05) is 32.7 Å². The van der Waals surface area contributed by atoms with Gasteiger partial charge >= 0.3 is 0 Å². The standard InChI is InChI=1S/C19H23FN4O/c1-23-10-12-24(13-11-23)17-6-7-18(22-14-17)19(25)21-9-8-15-2-4-16(20)5-3-15/h2-7,14H,8-13H2,1H3,(H,21,25). The smallest absolute Gasteiger partial charge is 0.269 e. The molecule has 1 aromatic heterocycles. The molecule has 1 aliphatic heterocycles. The summed E-state index contributed by atoms with van der Waals surface area (Å²) in [6, 6.07) is 10.0. The van der Waals surface area contributed by atoms with E-state index in [-0.39, 0.29) is 11.7 Å². The van der Waals surface area contributed by atoms with E-state index in [0.29, 0.717) is 18.7 Å². The average Bonchev–Trinajstić information content (AvgIpc) is 2.64. The van der Waals surface area contributed by atoms with Gasteiger partial charge in [0.2, 0.25) is 0 Å². The first-order chi connectivity index (χ1) is 12.1. The summed E-state index contributed by atoms with van der Waals surface area (Å²) in [5.74, 6) is -0.440. The lowest BCUT2D eigenvalue weighted by Crippen LogP contribution is -2.44. The fraction of sp³-hybridized carbons (Fsp3) is 0.368. The Kier molecular flexibility index (Phi) is 5.60. The van der Waals surface area contributed by atoms with Crippen molar-refractivity contribution >= 4 is 11.6 Å². The number of hydrogen-bond acceptors (Lipinski definition) is 4. The second-order valence-electron chi connectivity index (χ2n) is 6.32. The summed E-state index contributed by atoms with van der Waals surface area (Å²) in [4.78, 5) is 21.0. The molecule has 6 heteroatoms. The van der Waals surface area contributed by atoms with Crippen LogP contribution in [0, 0.1) is 5.82 Å². The predicted octanol–water partition coefficient (Wildman–Crippen LogP) is 1.94. The maximum absolute atomic E-state index is 12.9. The molecule has 1 amide bonds. The maximum Gasteiger partial charge on any atom is 0.269 e. The molecule has 3 rings (SSSR count). The number of nitrogens with zero attached hydrogens (tertiary/aromatic N) is 3. The summed E-state index contributed by atoms with van der Waals surface area (Å²) >= 11 is 0. The number of amides is 1. The molecule has 0 radical (unpaired) electrons. The molecule has 25 heavy (non-hydrogen) atoms. The number of nitrogens with one attached hydrogen (secondary N) is 1. The van der Waals surface area contributed by atoms with E-state index in [0.717, 1.165) is 37.4 Å². The van der Waals surface area contributed by atoms with Gasteiger partial charge in [-0.3, -0.25) is 4.79 Å². The highest BCUT2D eigenvalue weighted by atomic mass is 19.1. The molecule has 0 aliphatic carbocycles. The Balaban J connectivity index is 1.49. The highest BCUT2D eigenvalue weighted by molar-refractivity contribution is 5.92. The van der Waals surface area contributed by atoms with Gasteiger partial charge in [0.25, 0.3) is 5.91 Å². The van der Waals surface area contributed by atoms with Gasteiger partial charge in [-0.25, -0.2) is 9.37 Å². The van der Waals surface area contributed by atoms with E-state index in [4.69, 9.17) is 0 Å². The number of piperazine rings is 1. The third-order valence-electron chi connectivity index (χ3n) is 4.46. The zero-order chi connectivity index (χ0) is 17.6. The van der Waals surface area contributed by atoms with Crippen LogP contribution in [0.5, 0.6) is 0 Å². The van der Waals surface area contributed by atoms with Crippen molar-refractivity contribution in [1.82, 2.24) is 15.2 Å². The van der Waals surface area contributed by atoms with Crippen LogP contribution >= 0.6 is 0 Å². The van der Waals surface area contributed by atoms with Gasteiger partial charge in [-0.05, 0) is 43.3 Å². The number of benzene rings is 1. The fourth-order valence-electron chi connectivity index (χ4n) is 2.83. The van der Waals surface area contributed by atoms with Crippen LogP contribution in [0.15, 0.2) is 42.6 Å². The Labute approximate surface area is 147 Å². The van der Waals surface area contributed by atoms with Crippen molar-refractivity contribution in [3.63, 3.8) is 0 Å². The first kappa shape index (κ1) is 17.4. The number of likely N-dealkylation sites (N-methyl/N-ethyl adjacent to an activating group) is 1. The van der Waals surface area contributed by atoms with Crippen molar-refractivity contribution in [2.45, 2.75) is 6.42 Å². The van der Waals surface area contributed by atoms with Crippen LogP contribution in [-0.4, -0.2) is 55.6 Å². The minimum atomic E-state index is -0.252. The van der Waals surface area contributed by atoms with E-state index in [1.54, 1.807) is 24.4 Å². The molecule has 0 atom stereocenters. The minimum absolute atomic E-state index is 0.188. The molecular weight excluding hydrogens is 319 g/mol. The molecule has 132 valence electrons.